The molecular formula is C20H24N4O6P+. The molecule has 11 heteroatoms. The van der Waals surface area contributed by atoms with Crippen LogP contribution in [-0.2, 0) is 20.9 Å². The van der Waals surface area contributed by atoms with E-state index in [0.29, 0.717) is 11.8 Å². The lowest BCUT2D eigenvalue weighted by Crippen LogP contribution is -2.31. The Labute approximate surface area is 179 Å². The lowest BCUT2D eigenvalue weighted by Gasteiger charge is -2.22. The van der Waals surface area contributed by atoms with Gasteiger partial charge in [0.15, 0.2) is 5.96 Å². The summed E-state index contributed by atoms with van der Waals surface area (Å²) >= 11 is 0. The molecule has 0 radical (unpaired) electrons. The van der Waals surface area contributed by atoms with E-state index in [1.54, 1.807) is 36.4 Å². The Morgan fingerprint density at radius 3 is 2.39 bits per heavy atom. The third-order valence-electron chi connectivity index (χ3n) is 4.35. The fourth-order valence-corrected chi connectivity index (χ4v) is 4.62. The maximum absolute atomic E-state index is 12.4. The van der Waals surface area contributed by atoms with Crippen LogP contribution in [0.1, 0.15) is 17.0 Å². The number of nitrogens with two attached hydrogens (primary N) is 2. The smallest absolute Gasteiger partial charge is 0.358 e. The van der Waals surface area contributed by atoms with E-state index in [1.807, 2.05) is 0 Å². The number of aliphatic carboxylic acids is 1. The molecule has 0 bridgehead atoms. The van der Waals surface area contributed by atoms with Gasteiger partial charge in [0, 0.05) is 0 Å². The highest BCUT2D eigenvalue weighted by Crippen LogP contribution is 2.57. The van der Waals surface area contributed by atoms with E-state index in [9.17, 15) is 24.5 Å². The van der Waals surface area contributed by atoms with Crippen molar-refractivity contribution < 1.29 is 29.2 Å². The van der Waals surface area contributed by atoms with Crippen LogP contribution in [-0.4, -0.2) is 50.8 Å². The Bertz CT molecular complexity index is 963. The van der Waals surface area contributed by atoms with E-state index in [0.717, 1.165) is 0 Å². The van der Waals surface area contributed by atoms with Crippen LogP contribution in [0.25, 0.3) is 0 Å². The number of nitrogens with one attached hydrogen (secondary N) is 1. The van der Waals surface area contributed by atoms with E-state index in [1.165, 1.54) is 18.2 Å². The highest BCUT2D eigenvalue weighted by Gasteiger charge is 2.52. The van der Waals surface area contributed by atoms with Gasteiger partial charge < -0.3 is 26.7 Å². The minimum atomic E-state index is -4.23. The molecule has 0 aliphatic rings. The van der Waals surface area contributed by atoms with Gasteiger partial charge in [0.05, 0.1) is 11.9 Å². The summed E-state index contributed by atoms with van der Waals surface area (Å²) in [6, 6.07) is 14.7. The van der Waals surface area contributed by atoms with Gasteiger partial charge in [-0.15, -0.1) is 0 Å². The van der Waals surface area contributed by atoms with Gasteiger partial charge in [0.1, 0.15) is 18.7 Å². The van der Waals surface area contributed by atoms with Gasteiger partial charge in [-0.1, -0.05) is 42.5 Å². The molecule has 8 N–H and O–H groups in total. The van der Waals surface area contributed by atoms with Gasteiger partial charge in [-0.05, 0) is 23.3 Å². The second-order valence-electron chi connectivity index (χ2n) is 6.70. The fourth-order valence-electron chi connectivity index (χ4n) is 2.84. The van der Waals surface area contributed by atoms with Crippen LogP contribution < -0.4 is 11.5 Å². The van der Waals surface area contributed by atoms with Gasteiger partial charge in [0.25, 0.3) is 13.4 Å². The number of carboxylic acid groups (broad SMARTS) is 1. The van der Waals surface area contributed by atoms with Crippen molar-refractivity contribution in [1.82, 2.24) is 0 Å². The topological polar surface area (TPSA) is 192 Å². The number of benzene rings is 2. The summed E-state index contributed by atoms with van der Waals surface area (Å²) in [5, 5.41) is 17.1. The van der Waals surface area contributed by atoms with Crippen molar-refractivity contribution in [2.75, 3.05) is 6.16 Å². The number of nitrogens with zero attached hydrogens (tertiary/aromatic N) is 1. The molecular weight excluding hydrogens is 423 g/mol. The molecule has 0 amide bonds. The molecule has 2 aromatic carbocycles. The van der Waals surface area contributed by atoms with Gasteiger partial charge in [0.2, 0.25) is 0 Å². The second kappa shape index (κ2) is 10.6. The first kappa shape index (κ1) is 23.9. The number of carbonyl (C=O) groups is 2. The largest absolute Gasteiger partial charge is 0.481 e. The summed E-state index contributed by atoms with van der Waals surface area (Å²) in [6.45, 7) is -0.118. The predicted octanol–water partition coefficient (Wildman–Crippen LogP) is 1.35. The minimum absolute atomic E-state index is 0.118. The fraction of sp³-hybridized carbons (Fsp3) is 0.200. The summed E-state index contributed by atoms with van der Waals surface area (Å²) in [5.41, 5.74) is 10.2. The first-order valence-corrected chi connectivity index (χ1v) is 11.1. The zero-order chi connectivity index (χ0) is 23.0. The van der Waals surface area contributed by atoms with E-state index < -0.39 is 37.4 Å². The molecule has 164 valence electrons. The Balaban J connectivity index is 2.20. The average Bonchev–Trinajstić information content (AvgIpc) is 2.71. The average molecular weight is 447 g/mol. The minimum Gasteiger partial charge on any atom is -0.481 e. The number of ether oxygens (including phenoxy) is 1. The van der Waals surface area contributed by atoms with E-state index in [4.69, 9.17) is 21.6 Å². The zero-order valence-electron chi connectivity index (χ0n) is 16.5. The van der Waals surface area contributed by atoms with Crippen LogP contribution >= 0.6 is 7.72 Å². The lowest BCUT2D eigenvalue weighted by molar-refractivity contribution is -0.143. The maximum Gasteiger partial charge on any atom is 0.358 e. The Morgan fingerprint density at radius 2 is 1.81 bits per heavy atom. The molecule has 2 unspecified atom stereocenters. The van der Waals surface area contributed by atoms with Crippen LogP contribution in [0.4, 0.5) is 5.69 Å². The third-order valence-corrected chi connectivity index (χ3v) is 6.50. The van der Waals surface area contributed by atoms with Gasteiger partial charge >= 0.3 is 11.9 Å². The van der Waals surface area contributed by atoms with Gasteiger partial charge in [-0.3, -0.25) is 4.79 Å². The van der Waals surface area contributed by atoms with Crippen molar-refractivity contribution in [3.05, 3.63) is 65.7 Å². The molecule has 0 saturated carbocycles. The first-order chi connectivity index (χ1) is 14.6. The van der Waals surface area contributed by atoms with Gasteiger partial charge in [-0.25, -0.2) is 19.6 Å². The van der Waals surface area contributed by atoms with E-state index in [-0.39, 0.29) is 23.8 Å². The van der Waals surface area contributed by atoms with Crippen molar-refractivity contribution in [3.63, 3.8) is 0 Å². The Morgan fingerprint density at radius 1 is 1.13 bits per heavy atom. The number of carbonyl (C=O) groups excluding carboxylic acids is 1. The molecule has 0 heterocycles. The predicted molar refractivity (Wildman–Crippen MR) is 117 cm³/mol. The zero-order valence-corrected chi connectivity index (χ0v) is 17.4. The third kappa shape index (κ3) is 6.85. The molecule has 0 saturated heterocycles. The van der Waals surface area contributed by atoms with Gasteiger partial charge in [-0.2, -0.15) is 0 Å². The van der Waals surface area contributed by atoms with Crippen molar-refractivity contribution in [2.24, 2.45) is 16.5 Å². The molecule has 10 nitrogen and oxygen atoms in total. The van der Waals surface area contributed by atoms with Crippen LogP contribution in [0, 0.1) is 5.41 Å². The molecule has 0 aliphatic heterocycles. The number of hydrogen-bond acceptors (Lipinski definition) is 7. The number of esters is 1. The van der Waals surface area contributed by atoms with Crippen molar-refractivity contribution in [3.8, 4) is 0 Å². The number of aliphatic imine (C=N–C) groups is 1. The summed E-state index contributed by atoms with van der Waals surface area (Å²) in [5.74, 6) is -3.95. The Kier molecular flexibility index (Phi) is 8.21. The van der Waals surface area contributed by atoms with E-state index in [2.05, 4.69) is 4.99 Å². The summed E-state index contributed by atoms with van der Waals surface area (Å²) in [7, 11) is -4.23. The molecule has 0 fully saturated rings. The second-order valence-corrected chi connectivity index (χ2v) is 9.19. The highest BCUT2D eigenvalue weighted by molar-refractivity contribution is 7.67. The SMILES string of the molecule is N=CC(C(=O)OCc1ccccc1)[P+](O)(O)CC(C(=O)O)c1cccc(N=C(N)N)c1. The number of carboxylic acids is 1. The van der Waals surface area contributed by atoms with Crippen LogP contribution in [0.15, 0.2) is 59.6 Å². The molecule has 0 spiro atoms. The monoisotopic (exact) mass is 447 g/mol. The molecule has 2 atom stereocenters. The molecule has 0 aromatic heterocycles. The maximum atomic E-state index is 12.4. The molecule has 2 aromatic rings. The summed E-state index contributed by atoms with van der Waals surface area (Å²) in [4.78, 5) is 49.3. The quantitative estimate of drug-likeness (QED) is 0.136. The van der Waals surface area contributed by atoms with Crippen LogP contribution in [0.2, 0.25) is 0 Å². The normalized spacial score (nSPS) is 13.0. The van der Waals surface area contributed by atoms with Crippen molar-refractivity contribution in [2.45, 2.75) is 18.2 Å². The molecule has 31 heavy (non-hydrogen) atoms. The standard InChI is InChI=1S/C20H23N4O6P/c21-10-17(19(27)30-11-13-5-2-1-3-6-13)31(28,29)12-16(18(25)26)14-7-4-8-15(9-14)24-20(22)23/h1-10,16-17,21,28-29H,11-12H2,(H4-,22,23,24,25,26)/p+1. The number of guanidine groups is 1. The van der Waals surface area contributed by atoms with Crippen molar-refractivity contribution >= 4 is 37.5 Å². The summed E-state index contributed by atoms with van der Waals surface area (Å²) < 4.78 is 5.10. The first-order valence-electron chi connectivity index (χ1n) is 9.11. The van der Waals surface area contributed by atoms with Crippen LogP contribution in [0.5, 0.6) is 0 Å². The Hall–Kier alpha value is -3.33. The number of rotatable bonds is 10. The lowest BCUT2D eigenvalue weighted by atomic mass is 10.0. The summed E-state index contributed by atoms with van der Waals surface area (Å²) in [6.07, 6.45) is -0.107. The molecule has 2 rings (SSSR count). The van der Waals surface area contributed by atoms with E-state index >= 15 is 0 Å². The number of hydrogen-bond donors (Lipinski definition) is 6. The van der Waals surface area contributed by atoms with Crippen LogP contribution in [0.3, 0.4) is 0 Å². The highest BCUT2D eigenvalue weighted by atomic mass is 31.2. The molecule has 0 aliphatic carbocycles. The van der Waals surface area contributed by atoms with Crippen molar-refractivity contribution in [1.29, 1.82) is 5.41 Å².